The minimum absolute atomic E-state index is 0.0977. The third-order valence-corrected chi connectivity index (χ3v) is 4.04. The summed E-state index contributed by atoms with van der Waals surface area (Å²) in [5, 5.41) is 6.58. The summed E-state index contributed by atoms with van der Waals surface area (Å²) >= 11 is 0. The van der Waals surface area contributed by atoms with Gasteiger partial charge in [0.1, 0.15) is 17.3 Å². The minimum atomic E-state index is 0.0977. The van der Waals surface area contributed by atoms with Crippen molar-refractivity contribution in [1.82, 2.24) is 9.97 Å². The molecule has 0 fully saturated rings. The molecule has 3 aromatic rings. The number of nitrogens with one attached hydrogen (secondary N) is 2. The Bertz CT molecular complexity index is 899. The molecule has 1 aromatic heterocycles. The standard InChI is InChI=1S/C22H26N4O2/c1-16(2)28-20-11-7-5-9-18(20)25-21-13-15-24-22(26-21)23-14-12-17-8-4-6-10-19(17)27-3/h4-11,13,15-16H,12,14H2,1-3H3,(H2,23,24,25,26). The molecule has 0 aliphatic heterocycles. The topological polar surface area (TPSA) is 68.3 Å². The van der Waals surface area contributed by atoms with E-state index in [2.05, 4.69) is 26.7 Å². The van der Waals surface area contributed by atoms with Crippen LogP contribution >= 0.6 is 0 Å². The Labute approximate surface area is 166 Å². The number of nitrogens with zero attached hydrogens (tertiary/aromatic N) is 2. The fourth-order valence-electron chi connectivity index (χ4n) is 2.80. The Kier molecular flexibility index (Phi) is 6.68. The zero-order chi connectivity index (χ0) is 19.8. The molecule has 2 N–H and O–H groups in total. The van der Waals surface area contributed by atoms with Crippen molar-refractivity contribution in [2.75, 3.05) is 24.3 Å². The van der Waals surface area contributed by atoms with Gasteiger partial charge < -0.3 is 20.1 Å². The van der Waals surface area contributed by atoms with Gasteiger partial charge in [0, 0.05) is 12.7 Å². The fourth-order valence-corrected chi connectivity index (χ4v) is 2.80. The highest BCUT2D eigenvalue weighted by Gasteiger charge is 2.07. The van der Waals surface area contributed by atoms with Crippen LogP contribution in [0, 0.1) is 0 Å². The van der Waals surface area contributed by atoms with Crippen molar-refractivity contribution in [3.8, 4) is 11.5 Å². The molecule has 0 bridgehead atoms. The number of anilines is 3. The number of rotatable bonds is 9. The molecule has 3 rings (SSSR count). The first-order valence-corrected chi connectivity index (χ1v) is 9.37. The summed E-state index contributed by atoms with van der Waals surface area (Å²) < 4.78 is 11.2. The maximum atomic E-state index is 5.85. The molecular weight excluding hydrogens is 352 g/mol. The molecule has 0 aliphatic carbocycles. The van der Waals surface area contributed by atoms with E-state index in [0.717, 1.165) is 29.2 Å². The first-order chi connectivity index (χ1) is 13.7. The second-order valence-corrected chi connectivity index (χ2v) is 6.54. The van der Waals surface area contributed by atoms with Crippen LogP contribution in [0.5, 0.6) is 11.5 Å². The Morgan fingerprint density at radius 1 is 0.964 bits per heavy atom. The van der Waals surface area contributed by atoms with E-state index in [-0.39, 0.29) is 6.10 Å². The molecule has 6 nitrogen and oxygen atoms in total. The number of ether oxygens (including phenoxy) is 2. The fraction of sp³-hybridized carbons (Fsp3) is 0.273. The molecule has 0 unspecified atom stereocenters. The molecule has 0 saturated carbocycles. The van der Waals surface area contributed by atoms with E-state index in [4.69, 9.17) is 9.47 Å². The lowest BCUT2D eigenvalue weighted by Crippen LogP contribution is -2.10. The Hall–Kier alpha value is -3.28. The van der Waals surface area contributed by atoms with Crippen molar-refractivity contribution in [2.24, 2.45) is 0 Å². The molecule has 146 valence electrons. The normalized spacial score (nSPS) is 10.6. The van der Waals surface area contributed by atoms with Crippen LogP contribution in [0.25, 0.3) is 0 Å². The quantitative estimate of drug-likeness (QED) is 0.564. The van der Waals surface area contributed by atoms with Gasteiger partial charge in [0.15, 0.2) is 0 Å². The van der Waals surface area contributed by atoms with E-state index in [0.29, 0.717) is 18.3 Å². The third kappa shape index (κ3) is 5.36. The lowest BCUT2D eigenvalue weighted by atomic mass is 10.1. The van der Waals surface area contributed by atoms with Crippen LogP contribution in [0.15, 0.2) is 60.8 Å². The number of benzene rings is 2. The second-order valence-electron chi connectivity index (χ2n) is 6.54. The average Bonchev–Trinajstić information content (AvgIpc) is 2.70. The van der Waals surface area contributed by atoms with Crippen molar-refractivity contribution in [3.63, 3.8) is 0 Å². The Morgan fingerprint density at radius 3 is 2.50 bits per heavy atom. The van der Waals surface area contributed by atoms with Crippen molar-refractivity contribution in [1.29, 1.82) is 0 Å². The van der Waals surface area contributed by atoms with E-state index < -0.39 is 0 Å². The average molecular weight is 378 g/mol. The van der Waals surface area contributed by atoms with Crippen LogP contribution in [0.3, 0.4) is 0 Å². The van der Waals surface area contributed by atoms with Gasteiger partial charge in [-0.05, 0) is 50.1 Å². The predicted octanol–water partition coefficient (Wildman–Crippen LogP) is 4.67. The zero-order valence-corrected chi connectivity index (χ0v) is 16.5. The van der Waals surface area contributed by atoms with Gasteiger partial charge in [-0.25, -0.2) is 4.98 Å². The van der Waals surface area contributed by atoms with Crippen LogP contribution in [0.1, 0.15) is 19.4 Å². The highest BCUT2D eigenvalue weighted by molar-refractivity contribution is 5.64. The number of hydrogen-bond acceptors (Lipinski definition) is 6. The maximum absolute atomic E-state index is 5.85. The van der Waals surface area contributed by atoms with Gasteiger partial charge in [-0.3, -0.25) is 0 Å². The van der Waals surface area contributed by atoms with E-state index in [1.54, 1.807) is 13.3 Å². The molecule has 0 amide bonds. The summed E-state index contributed by atoms with van der Waals surface area (Å²) in [6, 6.07) is 17.7. The largest absolute Gasteiger partial charge is 0.496 e. The summed E-state index contributed by atoms with van der Waals surface area (Å²) in [7, 11) is 1.69. The van der Waals surface area contributed by atoms with Crippen LogP contribution < -0.4 is 20.1 Å². The molecule has 1 heterocycles. The van der Waals surface area contributed by atoms with Gasteiger partial charge in [0.25, 0.3) is 0 Å². The smallest absolute Gasteiger partial charge is 0.224 e. The number of hydrogen-bond donors (Lipinski definition) is 2. The van der Waals surface area contributed by atoms with Crippen LogP contribution in [0.4, 0.5) is 17.5 Å². The summed E-state index contributed by atoms with van der Waals surface area (Å²) in [5.41, 5.74) is 2.02. The van der Waals surface area contributed by atoms with Gasteiger partial charge >= 0.3 is 0 Å². The van der Waals surface area contributed by atoms with Gasteiger partial charge in [-0.2, -0.15) is 4.98 Å². The third-order valence-electron chi connectivity index (χ3n) is 4.04. The molecule has 0 saturated heterocycles. The van der Waals surface area contributed by atoms with Crippen molar-refractivity contribution in [3.05, 3.63) is 66.4 Å². The molecule has 28 heavy (non-hydrogen) atoms. The molecule has 6 heteroatoms. The molecule has 0 radical (unpaired) electrons. The zero-order valence-electron chi connectivity index (χ0n) is 16.5. The number of aromatic nitrogens is 2. The van der Waals surface area contributed by atoms with Crippen molar-refractivity contribution >= 4 is 17.5 Å². The van der Waals surface area contributed by atoms with Crippen molar-refractivity contribution < 1.29 is 9.47 Å². The number of para-hydroxylation sites is 3. The highest BCUT2D eigenvalue weighted by atomic mass is 16.5. The van der Waals surface area contributed by atoms with E-state index in [1.165, 1.54) is 0 Å². The van der Waals surface area contributed by atoms with E-state index in [9.17, 15) is 0 Å². The lowest BCUT2D eigenvalue weighted by molar-refractivity contribution is 0.244. The summed E-state index contributed by atoms with van der Waals surface area (Å²) in [4.78, 5) is 8.84. The first kappa shape index (κ1) is 19.5. The van der Waals surface area contributed by atoms with Crippen LogP contribution in [0.2, 0.25) is 0 Å². The van der Waals surface area contributed by atoms with Gasteiger partial charge in [-0.15, -0.1) is 0 Å². The summed E-state index contributed by atoms with van der Waals surface area (Å²) in [5.74, 6) is 2.96. The molecule has 0 spiro atoms. The molecule has 0 atom stereocenters. The predicted molar refractivity (Wildman–Crippen MR) is 113 cm³/mol. The summed E-state index contributed by atoms with van der Waals surface area (Å²) in [6.45, 7) is 4.72. The highest BCUT2D eigenvalue weighted by Crippen LogP contribution is 2.27. The van der Waals surface area contributed by atoms with E-state index >= 15 is 0 Å². The van der Waals surface area contributed by atoms with E-state index in [1.807, 2.05) is 62.4 Å². The second kappa shape index (κ2) is 9.60. The molecule has 0 aliphatic rings. The Balaban J connectivity index is 1.63. The first-order valence-electron chi connectivity index (χ1n) is 9.37. The van der Waals surface area contributed by atoms with Gasteiger partial charge in [-0.1, -0.05) is 30.3 Å². The molecule has 2 aromatic carbocycles. The van der Waals surface area contributed by atoms with Gasteiger partial charge in [0.2, 0.25) is 5.95 Å². The Morgan fingerprint density at radius 2 is 1.71 bits per heavy atom. The molecular formula is C22H26N4O2. The SMILES string of the molecule is COc1ccccc1CCNc1nccc(Nc2ccccc2OC(C)C)n1. The lowest BCUT2D eigenvalue weighted by Gasteiger charge is -2.15. The monoisotopic (exact) mass is 378 g/mol. The van der Waals surface area contributed by atoms with Crippen LogP contribution in [-0.4, -0.2) is 29.7 Å². The van der Waals surface area contributed by atoms with Gasteiger partial charge in [0.05, 0.1) is 18.9 Å². The summed E-state index contributed by atoms with van der Waals surface area (Å²) in [6.07, 6.45) is 2.64. The minimum Gasteiger partial charge on any atom is -0.496 e. The van der Waals surface area contributed by atoms with Crippen molar-refractivity contribution in [2.45, 2.75) is 26.4 Å². The van der Waals surface area contributed by atoms with Crippen LogP contribution in [-0.2, 0) is 6.42 Å². The maximum Gasteiger partial charge on any atom is 0.224 e. The number of methoxy groups -OCH3 is 1.